The number of benzene rings is 1. The van der Waals surface area contributed by atoms with E-state index in [1.54, 1.807) is 13.8 Å². The zero-order valence-corrected chi connectivity index (χ0v) is 18.2. The van der Waals surface area contributed by atoms with Crippen LogP contribution in [0.1, 0.15) is 67.9 Å². The number of rotatable bonds is 7. The molecule has 0 aliphatic carbocycles. The molecule has 6 heteroatoms. The highest BCUT2D eigenvalue weighted by molar-refractivity contribution is 8.00. The molecule has 0 radical (unpaired) electrons. The molecular weight excluding hydrogens is 368 g/mol. The van der Waals surface area contributed by atoms with Crippen LogP contribution in [-0.2, 0) is 4.79 Å². The number of hydrogen-bond donors (Lipinski definition) is 1. The topological polar surface area (TPSA) is 78.7 Å². The van der Waals surface area contributed by atoms with E-state index < -0.39 is 0 Å². The summed E-state index contributed by atoms with van der Waals surface area (Å²) in [6.07, 6.45) is 0. The second-order valence-corrected chi connectivity index (χ2v) is 8.51. The van der Waals surface area contributed by atoms with Gasteiger partial charge in [-0.25, -0.2) is 9.97 Å². The number of amides is 1. The molecule has 1 amide bonds. The summed E-state index contributed by atoms with van der Waals surface area (Å²) in [6, 6.07) is 10.5. The maximum Gasteiger partial charge on any atom is 0.230 e. The minimum absolute atomic E-state index is 0.0568. The maximum atomic E-state index is 12.6. The Bertz CT molecular complexity index is 869. The van der Waals surface area contributed by atoms with Gasteiger partial charge in [0.05, 0.1) is 17.5 Å². The quantitative estimate of drug-likeness (QED) is 0.542. The zero-order valence-electron chi connectivity index (χ0n) is 17.4. The van der Waals surface area contributed by atoms with E-state index in [9.17, 15) is 10.1 Å². The summed E-state index contributed by atoms with van der Waals surface area (Å²) in [5.41, 5.74) is 3.46. The molecule has 0 fully saturated rings. The standard InChI is InChI=1S/C22H28N4OS/c1-13(2)17-7-9-18(10-8-17)21(14(3)4)26-20(27)12-28-22-19(11-23)15(5)24-16(6)25-22/h7-10,13-14,21H,12H2,1-6H3,(H,26,27). The van der Waals surface area contributed by atoms with Crippen LogP contribution >= 0.6 is 11.8 Å². The maximum absolute atomic E-state index is 12.6. The number of aromatic nitrogens is 2. The number of nitrogens with one attached hydrogen (secondary N) is 1. The van der Waals surface area contributed by atoms with Crippen LogP contribution in [0.4, 0.5) is 0 Å². The molecule has 148 valence electrons. The van der Waals surface area contributed by atoms with Gasteiger partial charge in [-0.2, -0.15) is 5.26 Å². The van der Waals surface area contributed by atoms with Crippen molar-refractivity contribution in [3.05, 3.63) is 52.5 Å². The summed E-state index contributed by atoms with van der Waals surface area (Å²) in [5, 5.41) is 13.0. The molecule has 1 atom stereocenters. The van der Waals surface area contributed by atoms with Gasteiger partial charge in [0.15, 0.2) is 0 Å². The molecule has 1 unspecified atom stereocenters. The zero-order chi connectivity index (χ0) is 20.8. The third kappa shape index (κ3) is 5.56. The number of hydrogen-bond acceptors (Lipinski definition) is 5. The molecule has 2 rings (SSSR count). The number of thioether (sulfide) groups is 1. The van der Waals surface area contributed by atoms with Gasteiger partial charge in [0.2, 0.25) is 5.91 Å². The molecular formula is C22H28N4OS. The first-order valence-electron chi connectivity index (χ1n) is 9.50. The van der Waals surface area contributed by atoms with Gasteiger partial charge in [0.1, 0.15) is 22.5 Å². The van der Waals surface area contributed by atoms with Gasteiger partial charge in [-0.15, -0.1) is 0 Å². The largest absolute Gasteiger partial charge is 0.348 e. The number of carbonyl (C=O) groups excluding carboxylic acids is 1. The molecule has 0 bridgehead atoms. The first-order valence-corrected chi connectivity index (χ1v) is 10.5. The highest BCUT2D eigenvalue weighted by Gasteiger charge is 2.19. The minimum Gasteiger partial charge on any atom is -0.348 e. The van der Waals surface area contributed by atoms with Gasteiger partial charge >= 0.3 is 0 Å². The molecule has 5 nitrogen and oxygen atoms in total. The lowest BCUT2D eigenvalue weighted by atomic mass is 9.93. The van der Waals surface area contributed by atoms with Crippen molar-refractivity contribution in [1.82, 2.24) is 15.3 Å². The minimum atomic E-state index is -0.0746. The number of carbonyl (C=O) groups is 1. The Morgan fingerprint density at radius 2 is 1.71 bits per heavy atom. The van der Waals surface area contributed by atoms with E-state index >= 15 is 0 Å². The van der Waals surface area contributed by atoms with Gasteiger partial charge in [0, 0.05) is 0 Å². The van der Waals surface area contributed by atoms with Crippen molar-refractivity contribution < 1.29 is 4.79 Å². The molecule has 0 saturated heterocycles. The van der Waals surface area contributed by atoms with Gasteiger partial charge < -0.3 is 5.32 Å². The molecule has 2 aromatic rings. The van der Waals surface area contributed by atoms with Crippen LogP contribution in [0.2, 0.25) is 0 Å². The molecule has 0 aliphatic rings. The van der Waals surface area contributed by atoms with Crippen molar-refractivity contribution in [1.29, 1.82) is 5.26 Å². The molecule has 1 aromatic carbocycles. The Morgan fingerprint density at radius 3 is 2.25 bits per heavy atom. The van der Waals surface area contributed by atoms with E-state index in [-0.39, 0.29) is 23.6 Å². The van der Waals surface area contributed by atoms with Crippen molar-refractivity contribution >= 4 is 17.7 Å². The second kappa shape index (κ2) is 9.70. The Balaban J connectivity index is 2.09. The lowest BCUT2D eigenvalue weighted by Gasteiger charge is -2.23. The van der Waals surface area contributed by atoms with E-state index in [0.717, 1.165) is 5.56 Å². The smallest absolute Gasteiger partial charge is 0.230 e. The monoisotopic (exact) mass is 396 g/mol. The second-order valence-electron chi connectivity index (χ2n) is 7.55. The van der Waals surface area contributed by atoms with Crippen molar-refractivity contribution in [3.63, 3.8) is 0 Å². The van der Waals surface area contributed by atoms with Crippen LogP contribution in [-0.4, -0.2) is 21.6 Å². The predicted octanol–water partition coefficient (Wildman–Crippen LogP) is 4.69. The summed E-state index contributed by atoms with van der Waals surface area (Å²) in [4.78, 5) is 21.1. The normalized spacial score (nSPS) is 12.1. The molecule has 0 aliphatic heterocycles. The Labute approximate surface area is 172 Å². The molecule has 28 heavy (non-hydrogen) atoms. The fourth-order valence-electron chi connectivity index (χ4n) is 2.99. The number of aryl methyl sites for hydroxylation is 2. The summed E-state index contributed by atoms with van der Waals surface area (Å²) in [6.45, 7) is 12.1. The fraction of sp³-hybridized carbons (Fsp3) is 0.455. The van der Waals surface area contributed by atoms with E-state index in [0.29, 0.717) is 28.0 Å². The van der Waals surface area contributed by atoms with Crippen LogP contribution in [0.3, 0.4) is 0 Å². The van der Waals surface area contributed by atoms with Gasteiger partial charge in [-0.05, 0) is 36.8 Å². The number of nitriles is 1. The van der Waals surface area contributed by atoms with Crippen molar-refractivity contribution in [2.45, 2.75) is 58.5 Å². The first-order chi connectivity index (χ1) is 13.2. The lowest BCUT2D eigenvalue weighted by Crippen LogP contribution is -2.33. The lowest BCUT2D eigenvalue weighted by molar-refractivity contribution is -0.119. The van der Waals surface area contributed by atoms with Crippen LogP contribution in [0.5, 0.6) is 0 Å². The highest BCUT2D eigenvalue weighted by atomic mass is 32.2. The van der Waals surface area contributed by atoms with Gasteiger partial charge in [-0.1, -0.05) is 63.7 Å². The molecule has 1 heterocycles. The Morgan fingerprint density at radius 1 is 1.11 bits per heavy atom. The van der Waals surface area contributed by atoms with Crippen LogP contribution < -0.4 is 5.32 Å². The third-order valence-electron chi connectivity index (χ3n) is 4.57. The van der Waals surface area contributed by atoms with Crippen molar-refractivity contribution in [2.75, 3.05) is 5.75 Å². The van der Waals surface area contributed by atoms with Crippen LogP contribution in [0.25, 0.3) is 0 Å². The summed E-state index contributed by atoms with van der Waals surface area (Å²) >= 11 is 1.28. The fourth-order valence-corrected chi connectivity index (χ4v) is 3.87. The SMILES string of the molecule is Cc1nc(C)c(C#N)c(SCC(=O)NC(c2ccc(C(C)C)cc2)C(C)C)n1. The summed E-state index contributed by atoms with van der Waals surface area (Å²) < 4.78 is 0. The first kappa shape index (κ1) is 21.9. The van der Waals surface area contributed by atoms with Crippen molar-refractivity contribution in [3.8, 4) is 6.07 Å². The molecule has 1 aromatic heterocycles. The molecule has 0 spiro atoms. The van der Waals surface area contributed by atoms with Crippen molar-refractivity contribution in [2.24, 2.45) is 5.92 Å². The Kier molecular flexibility index (Phi) is 7.59. The molecule has 1 N–H and O–H groups in total. The summed E-state index contributed by atoms with van der Waals surface area (Å²) in [7, 11) is 0. The average molecular weight is 397 g/mol. The predicted molar refractivity (Wildman–Crippen MR) is 113 cm³/mol. The van der Waals surface area contributed by atoms with Crippen LogP contribution in [0, 0.1) is 31.1 Å². The Hall–Kier alpha value is -2.39. The van der Waals surface area contributed by atoms with Gasteiger partial charge in [0.25, 0.3) is 0 Å². The molecule has 0 saturated carbocycles. The van der Waals surface area contributed by atoms with E-state index in [4.69, 9.17) is 0 Å². The highest BCUT2D eigenvalue weighted by Crippen LogP contribution is 2.26. The number of nitrogens with zero attached hydrogens (tertiary/aromatic N) is 3. The average Bonchev–Trinajstić information content (AvgIpc) is 2.64. The third-order valence-corrected chi connectivity index (χ3v) is 5.54. The van der Waals surface area contributed by atoms with E-state index in [1.807, 2.05) is 0 Å². The summed E-state index contributed by atoms with van der Waals surface area (Å²) in [5.74, 6) is 1.47. The van der Waals surface area contributed by atoms with E-state index in [2.05, 4.69) is 73.3 Å². The van der Waals surface area contributed by atoms with E-state index in [1.165, 1.54) is 17.3 Å². The van der Waals surface area contributed by atoms with Crippen LogP contribution in [0.15, 0.2) is 29.3 Å². The van der Waals surface area contributed by atoms with Gasteiger partial charge in [-0.3, -0.25) is 4.79 Å².